The molecule has 0 aliphatic carbocycles. The van der Waals surface area contributed by atoms with E-state index < -0.39 is 4.92 Å². The molecule has 1 N–H and O–H groups in total. The lowest BCUT2D eigenvalue weighted by molar-refractivity contribution is -0.384. The summed E-state index contributed by atoms with van der Waals surface area (Å²) in [6.45, 7) is 1.93. The molecule has 1 amide bonds. The van der Waals surface area contributed by atoms with Gasteiger partial charge in [0, 0.05) is 23.4 Å². The van der Waals surface area contributed by atoms with Crippen molar-refractivity contribution in [1.82, 2.24) is 0 Å². The Hall–Kier alpha value is -3.47. The number of non-ortho nitro benzene ring substituents is 1. The number of aryl methyl sites for hydroxylation is 1. The number of carbonyl (C=O) groups excluding carboxylic acids is 1. The van der Waals surface area contributed by atoms with Gasteiger partial charge in [0.05, 0.1) is 4.92 Å². The quantitative estimate of drug-likeness (QED) is 0.550. The fourth-order valence-electron chi connectivity index (χ4n) is 2.57. The molecule has 3 aromatic carbocycles. The van der Waals surface area contributed by atoms with Gasteiger partial charge in [-0.05, 0) is 42.3 Å². The van der Waals surface area contributed by atoms with Crippen LogP contribution >= 0.6 is 0 Å². The van der Waals surface area contributed by atoms with Crippen molar-refractivity contribution < 1.29 is 9.72 Å². The molecule has 0 spiro atoms. The van der Waals surface area contributed by atoms with Crippen LogP contribution in [0.25, 0.3) is 11.1 Å². The van der Waals surface area contributed by atoms with Crippen molar-refractivity contribution in [1.29, 1.82) is 0 Å². The summed E-state index contributed by atoms with van der Waals surface area (Å²) < 4.78 is 0. The van der Waals surface area contributed by atoms with Crippen molar-refractivity contribution in [2.45, 2.75) is 6.92 Å². The van der Waals surface area contributed by atoms with Gasteiger partial charge in [0.2, 0.25) is 0 Å². The van der Waals surface area contributed by atoms with E-state index in [0.29, 0.717) is 11.3 Å². The van der Waals surface area contributed by atoms with Gasteiger partial charge in [0.25, 0.3) is 11.6 Å². The highest BCUT2D eigenvalue weighted by Crippen LogP contribution is 2.26. The van der Waals surface area contributed by atoms with Gasteiger partial charge in [0.15, 0.2) is 0 Å². The number of amides is 1. The molecule has 0 bridgehead atoms. The minimum absolute atomic E-state index is 0.0340. The molecule has 25 heavy (non-hydrogen) atoms. The number of anilines is 1. The zero-order valence-corrected chi connectivity index (χ0v) is 13.6. The van der Waals surface area contributed by atoms with Crippen LogP contribution in [-0.4, -0.2) is 10.8 Å². The summed E-state index contributed by atoms with van der Waals surface area (Å²) in [5.74, 6) is -0.195. The van der Waals surface area contributed by atoms with Gasteiger partial charge >= 0.3 is 0 Å². The summed E-state index contributed by atoms with van der Waals surface area (Å²) in [5.41, 5.74) is 3.78. The zero-order chi connectivity index (χ0) is 17.8. The first-order valence-electron chi connectivity index (χ1n) is 7.76. The number of rotatable bonds is 4. The van der Waals surface area contributed by atoms with Gasteiger partial charge < -0.3 is 5.32 Å². The number of hydrogen-bond donors (Lipinski definition) is 1. The lowest BCUT2D eigenvalue weighted by Gasteiger charge is -2.08. The fraction of sp³-hybridized carbons (Fsp3) is 0.0500. The molecule has 5 nitrogen and oxygen atoms in total. The topological polar surface area (TPSA) is 72.2 Å². The van der Waals surface area contributed by atoms with E-state index in [4.69, 9.17) is 0 Å². The highest BCUT2D eigenvalue weighted by atomic mass is 16.6. The van der Waals surface area contributed by atoms with E-state index in [1.54, 1.807) is 36.4 Å². The molecule has 0 aliphatic rings. The number of nitro benzene ring substituents is 1. The summed E-state index contributed by atoms with van der Waals surface area (Å²) in [6.07, 6.45) is 0. The fourth-order valence-corrected chi connectivity index (χ4v) is 2.57. The van der Waals surface area contributed by atoms with E-state index in [1.807, 2.05) is 31.2 Å². The highest BCUT2D eigenvalue weighted by molar-refractivity contribution is 6.04. The number of benzene rings is 3. The van der Waals surface area contributed by atoms with Crippen molar-refractivity contribution in [3.8, 4) is 11.1 Å². The van der Waals surface area contributed by atoms with E-state index in [9.17, 15) is 14.9 Å². The summed E-state index contributed by atoms with van der Waals surface area (Å²) in [7, 11) is 0. The van der Waals surface area contributed by atoms with E-state index in [1.165, 1.54) is 12.1 Å². The number of nitrogens with one attached hydrogen (secondary N) is 1. The molecule has 3 rings (SSSR count). The predicted octanol–water partition coefficient (Wildman–Crippen LogP) is 4.82. The lowest BCUT2D eigenvalue weighted by atomic mass is 10.0. The number of nitro groups is 1. The van der Waals surface area contributed by atoms with E-state index in [-0.39, 0.29) is 11.6 Å². The molecule has 0 fully saturated rings. The van der Waals surface area contributed by atoms with Crippen LogP contribution < -0.4 is 5.32 Å². The molecule has 0 unspecified atom stereocenters. The summed E-state index contributed by atoms with van der Waals surface area (Å²) >= 11 is 0. The number of nitrogens with zero attached hydrogens (tertiary/aromatic N) is 1. The Bertz CT molecular complexity index is 951. The maximum Gasteiger partial charge on any atom is 0.270 e. The van der Waals surface area contributed by atoms with E-state index in [0.717, 1.165) is 16.7 Å². The Labute approximate surface area is 145 Å². The molecule has 0 radical (unpaired) electrons. The van der Waals surface area contributed by atoms with Crippen LogP contribution in [0.1, 0.15) is 15.9 Å². The Kier molecular flexibility index (Phi) is 4.57. The van der Waals surface area contributed by atoms with Crippen LogP contribution in [0, 0.1) is 17.0 Å². The molecule has 0 aliphatic heterocycles. The Morgan fingerprint density at radius 1 is 0.920 bits per heavy atom. The van der Waals surface area contributed by atoms with Gasteiger partial charge in [-0.2, -0.15) is 0 Å². The van der Waals surface area contributed by atoms with Crippen molar-refractivity contribution in [2.24, 2.45) is 0 Å². The van der Waals surface area contributed by atoms with Crippen LogP contribution in [-0.2, 0) is 0 Å². The molecule has 5 heteroatoms. The molecule has 3 aromatic rings. The molecule has 0 saturated heterocycles. The maximum atomic E-state index is 12.4. The lowest BCUT2D eigenvalue weighted by Crippen LogP contribution is -2.11. The normalized spacial score (nSPS) is 10.3. The van der Waals surface area contributed by atoms with Crippen LogP contribution in [0.3, 0.4) is 0 Å². The summed E-state index contributed by atoms with van der Waals surface area (Å²) in [4.78, 5) is 22.9. The molecule has 0 aromatic heterocycles. The predicted molar refractivity (Wildman–Crippen MR) is 97.7 cm³/mol. The van der Waals surface area contributed by atoms with Crippen molar-refractivity contribution in [3.63, 3.8) is 0 Å². The average molecular weight is 332 g/mol. The van der Waals surface area contributed by atoms with Crippen LogP contribution in [0.15, 0.2) is 72.8 Å². The molecular weight excluding hydrogens is 316 g/mol. The van der Waals surface area contributed by atoms with Crippen LogP contribution in [0.4, 0.5) is 11.4 Å². The molecule has 0 saturated carbocycles. The maximum absolute atomic E-state index is 12.4. The van der Waals surface area contributed by atoms with Gasteiger partial charge in [-0.25, -0.2) is 0 Å². The van der Waals surface area contributed by atoms with Crippen molar-refractivity contribution >= 4 is 17.3 Å². The van der Waals surface area contributed by atoms with Gasteiger partial charge in [-0.1, -0.05) is 42.0 Å². The van der Waals surface area contributed by atoms with Gasteiger partial charge in [0.1, 0.15) is 0 Å². The smallest absolute Gasteiger partial charge is 0.270 e. The first-order valence-corrected chi connectivity index (χ1v) is 7.76. The number of carbonyl (C=O) groups is 1. The molecule has 0 heterocycles. The largest absolute Gasteiger partial charge is 0.322 e. The molecule has 124 valence electrons. The second kappa shape index (κ2) is 6.97. The minimum atomic E-state index is -0.424. The average Bonchev–Trinajstić information content (AvgIpc) is 2.62. The monoisotopic (exact) mass is 332 g/mol. The number of hydrogen-bond acceptors (Lipinski definition) is 3. The van der Waals surface area contributed by atoms with E-state index in [2.05, 4.69) is 5.32 Å². The standard InChI is InChI=1S/C20H16N2O3/c1-14-5-2-8-17(11-14)20(23)21-18-9-3-6-15(12-18)16-7-4-10-19(13-16)22(24)25/h2-13H,1H3,(H,21,23). The minimum Gasteiger partial charge on any atom is -0.322 e. The van der Waals surface area contributed by atoms with Crippen molar-refractivity contribution in [3.05, 3.63) is 94.0 Å². The van der Waals surface area contributed by atoms with Crippen molar-refractivity contribution in [2.75, 3.05) is 5.32 Å². The third kappa shape index (κ3) is 3.90. The second-order valence-electron chi connectivity index (χ2n) is 5.71. The van der Waals surface area contributed by atoms with Crippen LogP contribution in [0.5, 0.6) is 0 Å². The SMILES string of the molecule is Cc1cccc(C(=O)Nc2cccc(-c3cccc([N+](=O)[O-])c3)c2)c1. The first kappa shape index (κ1) is 16.4. The third-order valence-electron chi connectivity index (χ3n) is 3.79. The second-order valence-corrected chi connectivity index (χ2v) is 5.71. The van der Waals surface area contributed by atoms with Gasteiger partial charge in [-0.15, -0.1) is 0 Å². The van der Waals surface area contributed by atoms with Gasteiger partial charge in [-0.3, -0.25) is 14.9 Å². The van der Waals surface area contributed by atoms with E-state index >= 15 is 0 Å². The Morgan fingerprint density at radius 2 is 1.60 bits per heavy atom. The zero-order valence-electron chi connectivity index (χ0n) is 13.6. The summed E-state index contributed by atoms with van der Waals surface area (Å²) in [5, 5.41) is 13.8. The first-order chi connectivity index (χ1) is 12.0. The van der Waals surface area contributed by atoms with Crippen LogP contribution in [0.2, 0.25) is 0 Å². The molecule has 0 atom stereocenters. The Morgan fingerprint density at radius 3 is 2.32 bits per heavy atom. The summed E-state index contributed by atoms with van der Waals surface area (Å²) in [6, 6.07) is 21.0. The third-order valence-corrected chi connectivity index (χ3v) is 3.79. The molecular formula is C20H16N2O3. The Balaban J connectivity index is 1.86. The highest BCUT2D eigenvalue weighted by Gasteiger charge is 2.09.